The molecule has 0 unspecified atom stereocenters. The maximum atomic E-state index is 13.2. The van der Waals surface area contributed by atoms with Gasteiger partial charge in [0.05, 0.1) is 11.4 Å². The van der Waals surface area contributed by atoms with Gasteiger partial charge in [-0.1, -0.05) is 97.1 Å². The molecule has 8 amide bonds. The largest absolute Gasteiger partial charge is 0.364 e. The molecule has 2 saturated heterocycles. The van der Waals surface area contributed by atoms with E-state index in [1.54, 1.807) is 121 Å². The van der Waals surface area contributed by atoms with E-state index < -0.39 is 41.1 Å². The third kappa shape index (κ3) is 5.71. The third-order valence-corrected chi connectivity index (χ3v) is 7.26. The lowest BCUT2D eigenvalue weighted by Crippen LogP contribution is -2.66. The molecule has 4 aromatic carbocycles. The Morgan fingerprint density at radius 3 is 1.42 bits per heavy atom. The summed E-state index contributed by atoms with van der Waals surface area (Å²) >= 11 is 0. The summed E-state index contributed by atoms with van der Waals surface area (Å²) in [6.07, 6.45) is -0.324. The fraction of sp³-hybridized carbons (Fsp3) is 0.118. The second-order valence-corrected chi connectivity index (χ2v) is 9.98. The lowest BCUT2D eigenvalue weighted by molar-refractivity contribution is -0.146. The molecule has 6 rings (SSSR count). The molecule has 2 aliphatic rings. The van der Waals surface area contributed by atoms with Gasteiger partial charge in [0.15, 0.2) is 5.41 Å². The van der Waals surface area contributed by atoms with Gasteiger partial charge in [0.2, 0.25) is 11.8 Å². The summed E-state index contributed by atoms with van der Waals surface area (Å²) in [6, 6.07) is 33.1. The fourth-order valence-corrected chi connectivity index (χ4v) is 5.21. The molecule has 0 spiro atoms. The Bertz CT molecular complexity index is 1630. The van der Waals surface area contributed by atoms with Crippen LogP contribution in [0, 0.1) is 0 Å². The van der Waals surface area contributed by atoms with Crippen molar-refractivity contribution >= 4 is 47.1 Å². The molecule has 2 heterocycles. The van der Waals surface area contributed by atoms with Crippen molar-refractivity contribution in [3.8, 4) is 0 Å². The van der Waals surface area contributed by atoms with E-state index in [-0.39, 0.29) is 13.2 Å². The van der Waals surface area contributed by atoms with E-state index >= 15 is 0 Å². The molecule has 0 bridgehead atoms. The number of carbonyl (C=O) groups is 6. The van der Waals surface area contributed by atoms with Crippen LogP contribution >= 0.6 is 0 Å². The van der Waals surface area contributed by atoms with E-state index in [9.17, 15) is 28.8 Å². The molecule has 0 aliphatic carbocycles. The number of rotatable bonds is 6. The number of benzene rings is 4. The topological polar surface area (TPSA) is 133 Å². The molecule has 0 aromatic heterocycles. The van der Waals surface area contributed by atoms with Crippen LogP contribution in [0.3, 0.4) is 0 Å². The molecule has 1 N–H and O–H groups in total. The number of urea groups is 2. The zero-order valence-corrected chi connectivity index (χ0v) is 24.2. The van der Waals surface area contributed by atoms with E-state index in [4.69, 9.17) is 4.74 Å². The minimum absolute atomic E-state index is 0.237. The number of nitrogens with one attached hydrogen (secondary N) is 1. The van der Waals surface area contributed by atoms with Crippen molar-refractivity contribution in [2.45, 2.75) is 11.8 Å². The van der Waals surface area contributed by atoms with Gasteiger partial charge >= 0.3 is 12.1 Å². The summed E-state index contributed by atoms with van der Waals surface area (Å²) in [5.41, 5.74) is 0.274. The SMILES string of the molecule is COCN1C(=O)NC(=O)C(c2ccccc2)(c2ccccc2)C1=O.O=C1CC(=O)N(c2ccccc2)C(=O)N1c1ccccc1. The number of para-hydroxylation sites is 2. The Hall–Kier alpha value is -5.94. The normalized spacial score (nSPS) is 16.2. The summed E-state index contributed by atoms with van der Waals surface area (Å²) in [5, 5.41) is 2.28. The van der Waals surface area contributed by atoms with Crippen LogP contribution in [0.1, 0.15) is 17.5 Å². The summed E-state index contributed by atoms with van der Waals surface area (Å²) in [5.74, 6) is -2.32. The van der Waals surface area contributed by atoms with E-state index in [0.717, 1.165) is 14.7 Å². The van der Waals surface area contributed by atoms with Crippen LogP contribution in [0.25, 0.3) is 0 Å². The number of imide groups is 4. The highest BCUT2D eigenvalue weighted by Gasteiger charge is 2.56. The van der Waals surface area contributed by atoms with Crippen LogP contribution < -0.4 is 15.1 Å². The van der Waals surface area contributed by atoms with Crippen LogP contribution in [0.4, 0.5) is 21.0 Å². The number of nitrogens with zero attached hydrogens (tertiary/aromatic N) is 3. The van der Waals surface area contributed by atoms with Crippen LogP contribution in [0.2, 0.25) is 0 Å². The number of amides is 8. The minimum atomic E-state index is -1.63. The second-order valence-electron chi connectivity index (χ2n) is 9.98. The maximum Gasteiger partial charge on any atom is 0.342 e. The van der Waals surface area contributed by atoms with Crippen LogP contribution in [-0.4, -0.2) is 54.4 Å². The summed E-state index contributed by atoms with van der Waals surface area (Å²) in [6.45, 7) is -0.237. The average Bonchev–Trinajstić information content (AvgIpc) is 3.05. The first-order chi connectivity index (χ1) is 21.8. The van der Waals surface area contributed by atoms with Crippen molar-refractivity contribution < 1.29 is 33.5 Å². The van der Waals surface area contributed by atoms with Gasteiger partial charge in [-0.2, -0.15) is 0 Å². The number of barbiturate groups is 2. The molecule has 11 nitrogen and oxygen atoms in total. The highest BCUT2D eigenvalue weighted by molar-refractivity contribution is 6.35. The maximum absolute atomic E-state index is 13.2. The Balaban J connectivity index is 0.000000179. The Morgan fingerprint density at radius 2 is 1.02 bits per heavy atom. The number of carbonyl (C=O) groups excluding carboxylic acids is 6. The van der Waals surface area contributed by atoms with Gasteiger partial charge in [-0.3, -0.25) is 24.5 Å². The van der Waals surface area contributed by atoms with Crippen molar-refractivity contribution in [2.24, 2.45) is 0 Å². The minimum Gasteiger partial charge on any atom is -0.364 e. The molecule has 0 radical (unpaired) electrons. The van der Waals surface area contributed by atoms with Gasteiger partial charge < -0.3 is 4.74 Å². The Morgan fingerprint density at radius 1 is 0.622 bits per heavy atom. The first-order valence-corrected chi connectivity index (χ1v) is 13.9. The first-order valence-electron chi connectivity index (χ1n) is 13.9. The van der Waals surface area contributed by atoms with E-state index in [2.05, 4.69) is 5.32 Å². The Kier molecular flexibility index (Phi) is 8.91. The van der Waals surface area contributed by atoms with Crippen LogP contribution in [0.5, 0.6) is 0 Å². The van der Waals surface area contributed by atoms with Crippen molar-refractivity contribution in [2.75, 3.05) is 23.6 Å². The summed E-state index contributed by atoms with van der Waals surface area (Å²) in [7, 11) is 1.38. The van der Waals surface area contributed by atoms with Gasteiger partial charge in [0, 0.05) is 7.11 Å². The van der Waals surface area contributed by atoms with Gasteiger partial charge in [0.1, 0.15) is 13.2 Å². The van der Waals surface area contributed by atoms with E-state index in [1.165, 1.54) is 7.11 Å². The standard InChI is InChI=1S/C18H16N2O4.C16H12N2O3/c1-24-12-20-16(22)18(15(21)19-17(20)23,13-8-4-2-5-9-13)14-10-6-3-7-11-14;19-14-11-15(20)18(13-9-5-2-6-10-13)16(21)17(14)12-7-3-1-4-8-12/h2-11H,12H2,1H3,(H,19,21,23);1-10H,11H2. The average molecular weight is 605 g/mol. The molecule has 0 atom stereocenters. The van der Waals surface area contributed by atoms with Crippen molar-refractivity contribution in [3.63, 3.8) is 0 Å². The molecule has 0 saturated carbocycles. The van der Waals surface area contributed by atoms with E-state index in [0.29, 0.717) is 22.5 Å². The van der Waals surface area contributed by atoms with Crippen molar-refractivity contribution in [1.29, 1.82) is 0 Å². The number of hydrogen-bond acceptors (Lipinski definition) is 7. The predicted molar refractivity (Wildman–Crippen MR) is 164 cm³/mol. The molecule has 45 heavy (non-hydrogen) atoms. The zero-order valence-electron chi connectivity index (χ0n) is 24.2. The summed E-state index contributed by atoms with van der Waals surface area (Å²) < 4.78 is 4.96. The summed E-state index contributed by atoms with van der Waals surface area (Å²) in [4.78, 5) is 77.8. The van der Waals surface area contributed by atoms with Crippen molar-refractivity contribution in [1.82, 2.24) is 10.2 Å². The number of anilines is 2. The highest BCUT2D eigenvalue weighted by Crippen LogP contribution is 2.37. The quantitative estimate of drug-likeness (QED) is 0.326. The van der Waals surface area contributed by atoms with Gasteiger partial charge in [-0.05, 0) is 35.4 Å². The third-order valence-electron chi connectivity index (χ3n) is 7.26. The van der Waals surface area contributed by atoms with Crippen LogP contribution in [-0.2, 0) is 29.3 Å². The number of ether oxygens (including phenoxy) is 1. The zero-order chi connectivity index (χ0) is 32.0. The molecular weight excluding hydrogens is 576 g/mol. The first kappa shape index (κ1) is 30.5. The van der Waals surface area contributed by atoms with Crippen LogP contribution in [0.15, 0.2) is 121 Å². The van der Waals surface area contributed by atoms with Crippen molar-refractivity contribution in [3.05, 3.63) is 132 Å². The monoisotopic (exact) mass is 604 g/mol. The van der Waals surface area contributed by atoms with E-state index in [1.807, 2.05) is 0 Å². The fourth-order valence-electron chi connectivity index (χ4n) is 5.21. The second kappa shape index (κ2) is 13.1. The number of hydrogen-bond donors (Lipinski definition) is 1. The molecule has 226 valence electrons. The predicted octanol–water partition coefficient (Wildman–Crippen LogP) is 4.23. The molecule has 11 heteroatoms. The lowest BCUT2D eigenvalue weighted by Gasteiger charge is -2.39. The van der Waals surface area contributed by atoms with Gasteiger partial charge in [-0.25, -0.2) is 24.3 Å². The molecule has 4 aromatic rings. The lowest BCUT2D eigenvalue weighted by atomic mass is 9.71. The number of methoxy groups -OCH3 is 1. The van der Waals surface area contributed by atoms with Gasteiger partial charge in [-0.15, -0.1) is 0 Å². The molecule has 2 aliphatic heterocycles. The molecule has 2 fully saturated rings. The Labute approximate surface area is 258 Å². The van der Waals surface area contributed by atoms with Gasteiger partial charge in [0.25, 0.3) is 11.8 Å². The smallest absolute Gasteiger partial charge is 0.342 e. The highest BCUT2D eigenvalue weighted by atomic mass is 16.5. The molecular formula is C34H28N4O7.